The first-order valence-corrected chi connectivity index (χ1v) is 53.4. The summed E-state index contributed by atoms with van der Waals surface area (Å²) in [7, 11) is 0. The van der Waals surface area contributed by atoms with Crippen molar-refractivity contribution in [3.05, 3.63) is 35.4 Å². The van der Waals surface area contributed by atoms with Crippen LogP contribution in [0.25, 0.3) is 0 Å². The topological polar surface area (TPSA) is 172 Å². The Morgan fingerprint density at radius 1 is 0.218 bits per heavy atom. The maximum atomic E-state index is 13.9. The zero-order chi connectivity index (χ0) is 89.1. The molecule has 124 heavy (non-hydrogen) atoms. The molecule has 0 spiro atoms. The predicted octanol–water partition coefficient (Wildman–Crippen LogP) is 31.3. The molecule has 4 amide bonds. The second kappa shape index (κ2) is 90.6. The molecule has 0 unspecified atom stereocenters. The zero-order valence-electron chi connectivity index (χ0n) is 81.8. The Morgan fingerprint density at radius 2 is 0.395 bits per heavy atom. The first-order chi connectivity index (χ1) is 61.2. The SMILES string of the molecule is CCCCCCCCCCCCOc1cc(C(=O)NCCNC(=O)CCCCCCCC#CC#CCCCCCCCC(=O)NCCNC(=O)c2cc(OCCCCCCCCCCCC)c(OCCCCCCCCCCCC)c(OCCCCCCCCCCCC)c2)cc(OCCCCCCCCCCCC)c1OCCCCCCCCCCCC. The number of unbranched alkanes of at least 4 members (excludes halogenated alkanes) is 64. The van der Waals surface area contributed by atoms with Gasteiger partial charge in [-0.3, -0.25) is 19.2 Å². The molecule has 0 atom stereocenters. The number of carbonyl (C=O) groups excluding carboxylic acids is 4. The molecule has 0 aliphatic carbocycles. The van der Waals surface area contributed by atoms with Crippen LogP contribution in [0.3, 0.4) is 0 Å². The normalized spacial score (nSPS) is 11.1. The molecule has 0 fully saturated rings. The van der Waals surface area contributed by atoms with Crippen molar-refractivity contribution in [1.82, 2.24) is 21.3 Å². The van der Waals surface area contributed by atoms with E-state index in [0.29, 0.717) is 124 Å². The molecule has 14 heteroatoms. The molecule has 2 aromatic carbocycles. The fourth-order valence-electron chi connectivity index (χ4n) is 16.2. The average molecular weight is 1730 g/mol. The lowest BCUT2D eigenvalue weighted by atomic mass is 10.1. The van der Waals surface area contributed by atoms with Gasteiger partial charge in [-0.2, -0.15) is 0 Å². The zero-order valence-corrected chi connectivity index (χ0v) is 81.8. The van der Waals surface area contributed by atoms with Gasteiger partial charge in [0.15, 0.2) is 23.0 Å². The van der Waals surface area contributed by atoms with Crippen molar-refractivity contribution < 1.29 is 47.6 Å². The molecule has 2 rings (SSSR count). The van der Waals surface area contributed by atoms with E-state index in [4.69, 9.17) is 28.4 Å². The molecule has 0 aromatic heterocycles. The van der Waals surface area contributed by atoms with Gasteiger partial charge in [0.05, 0.1) is 39.6 Å². The minimum atomic E-state index is -0.223. The van der Waals surface area contributed by atoms with Gasteiger partial charge in [-0.25, -0.2) is 0 Å². The van der Waals surface area contributed by atoms with Crippen LogP contribution in [0.4, 0.5) is 0 Å². The van der Waals surface area contributed by atoms with Gasteiger partial charge in [-0.05, 0) is 100 Å². The molecular weight excluding hydrogens is 1540 g/mol. The first-order valence-electron chi connectivity index (χ1n) is 53.4. The smallest absolute Gasteiger partial charge is 0.251 e. The molecule has 14 nitrogen and oxygen atoms in total. The number of benzene rings is 2. The van der Waals surface area contributed by atoms with Gasteiger partial charge in [-0.15, -0.1) is 0 Å². The van der Waals surface area contributed by atoms with Crippen LogP contribution >= 0.6 is 0 Å². The van der Waals surface area contributed by atoms with E-state index in [1.54, 1.807) is 0 Å². The molecule has 0 bridgehead atoms. The van der Waals surface area contributed by atoms with Gasteiger partial charge in [0.2, 0.25) is 23.3 Å². The number of carbonyl (C=O) groups is 4. The Hall–Kier alpha value is -5.76. The average Bonchev–Trinajstić information content (AvgIpc) is 0.820. The second-order valence-electron chi connectivity index (χ2n) is 36.1. The molecule has 0 aliphatic rings. The van der Waals surface area contributed by atoms with Gasteiger partial charge < -0.3 is 49.7 Å². The summed E-state index contributed by atoms with van der Waals surface area (Å²) in [5, 5.41) is 12.2. The Balaban J connectivity index is 1.82. The number of rotatable bonds is 94. The highest BCUT2D eigenvalue weighted by Gasteiger charge is 2.22. The van der Waals surface area contributed by atoms with Crippen LogP contribution in [0.1, 0.15) is 537 Å². The fourth-order valence-corrected chi connectivity index (χ4v) is 16.2. The standard InChI is InChI=1S/C110H194N4O10/c1-7-13-19-25-31-37-53-61-69-77-89-119-101-95-99(96-102(120-90-78-70-62-54-38-32-26-20-14-8-2)107(101)123-93-81-73-65-57-41-35-29-23-17-11-5)109(117)113-87-85-111-105(115)83-75-67-59-51-49-47-45-43-44-46-48-50-52-60-68-76-84-106(116)112-86-88-114-110(118)100-97-103(121-91-79-71-63-55-39-33-27-21-15-9-3)108(124-94-82-74-66-58-42-36-30-24-18-12-6)104(98-100)122-92-80-72-64-56-40-34-28-22-16-10-4/h95-98H,7-42,47-94H2,1-6H3,(H,111,115)(H,112,116)(H,113,117)(H,114,118). The third kappa shape index (κ3) is 71.2. The Kier molecular flexibility index (Phi) is 83.5. The Labute approximate surface area is 764 Å². The predicted molar refractivity (Wildman–Crippen MR) is 528 cm³/mol. The van der Waals surface area contributed by atoms with Gasteiger partial charge in [0.25, 0.3) is 11.8 Å². The maximum absolute atomic E-state index is 13.9. The van der Waals surface area contributed by atoms with Crippen molar-refractivity contribution in [3.8, 4) is 58.2 Å². The molecule has 4 N–H and O–H groups in total. The summed E-state index contributed by atoms with van der Waals surface area (Å²) < 4.78 is 39.4. The minimum Gasteiger partial charge on any atom is -0.490 e. The third-order valence-corrected chi connectivity index (χ3v) is 24.2. The quantitative estimate of drug-likeness (QED) is 0.0369. The maximum Gasteiger partial charge on any atom is 0.251 e. The molecule has 714 valence electrons. The van der Waals surface area contributed by atoms with E-state index in [1.165, 1.54) is 308 Å². The Bertz CT molecular complexity index is 2610. The van der Waals surface area contributed by atoms with Gasteiger partial charge >= 0.3 is 0 Å². The van der Waals surface area contributed by atoms with Crippen LogP contribution in [0.15, 0.2) is 24.3 Å². The van der Waals surface area contributed by atoms with E-state index in [0.717, 1.165) is 154 Å². The van der Waals surface area contributed by atoms with E-state index < -0.39 is 0 Å². The van der Waals surface area contributed by atoms with Crippen molar-refractivity contribution in [1.29, 1.82) is 0 Å². The highest BCUT2D eigenvalue weighted by atomic mass is 16.5. The summed E-state index contributed by atoms with van der Waals surface area (Å²) in [5.74, 6) is 15.6. The van der Waals surface area contributed by atoms with Crippen LogP contribution < -0.4 is 49.7 Å². The van der Waals surface area contributed by atoms with Gasteiger partial charge in [0.1, 0.15) is 0 Å². The summed E-state index contributed by atoms with van der Waals surface area (Å²) in [5.41, 5.74) is 0.952. The molecule has 0 heterocycles. The molecular formula is C110H194N4O10. The lowest BCUT2D eigenvalue weighted by molar-refractivity contribution is -0.122. The van der Waals surface area contributed by atoms with Crippen molar-refractivity contribution in [2.24, 2.45) is 0 Å². The number of ether oxygens (including phenoxy) is 6. The van der Waals surface area contributed by atoms with Crippen LogP contribution in [0.2, 0.25) is 0 Å². The Morgan fingerprint density at radius 3 is 0.613 bits per heavy atom. The van der Waals surface area contributed by atoms with Crippen molar-refractivity contribution >= 4 is 23.6 Å². The third-order valence-electron chi connectivity index (χ3n) is 24.2. The largest absolute Gasteiger partial charge is 0.490 e. The molecule has 0 saturated heterocycles. The van der Waals surface area contributed by atoms with E-state index in [1.807, 2.05) is 24.3 Å². The summed E-state index contributed by atoms with van der Waals surface area (Å²) in [4.78, 5) is 53.6. The van der Waals surface area contributed by atoms with E-state index in [-0.39, 0.29) is 23.6 Å². The first kappa shape index (κ1) is 114. The van der Waals surface area contributed by atoms with Gasteiger partial charge in [0, 0.05) is 63.0 Å². The fraction of sp³-hybridized carbons (Fsp3) is 0.818. The van der Waals surface area contributed by atoms with Crippen molar-refractivity contribution in [3.63, 3.8) is 0 Å². The molecule has 0 radical (unpaired) electrons. The summed E-state index contributed by atoms with van der Waals surface area (Å²) >= 11 is 0. The van der Waals surface area contributed by atoms with Crippen LogP contribution in [-0.4, -0.2) is 89.4 Å². The van der Waals surface area contributed by atoms with E-state index >= 15 is 0 Å². The van der Waals surface area contributed by atoms with Crippen LogP contribution in [-0.2, 0) is 9.59 Å². The van der Waals surface area contributed by atoms with Gasteiger partial charge in [-0.1, -0.05) is 439 Å². The lowest BCUT2D eigenvalue weighted by Crippen LogP contribution is -2.34. The highest BCUT2D eigenvalue weighted by Crippen LogP contribution is 2.42. The lowest BCUT2D eigenvalue weighted by Gasteiger charge is -2.19. The minimum absolute atomic E-state index is 0.00616. The number of hydrogen-bond donors (Lipinski definition) is 4. The number of nitrogens with one attached hydrogen (secondary N) is 4. The van der Waals surface area contributed by atoms with E-state index in [9.17, 15) is 19.2 Å². The molecule has 0 aliphatic heterocycles. The monoisotopic (exact) mass is 1730 g/mol. The summed E-state index contributed by atoms with van der Waals surface area (Å²) in [6, 6.07) is 7.34. The molecule has 2 aromatic rings. The van der Waals surface area contributed by atoms with Crippen LogP contribution in [0, 0.1) is 23.7 Å². The second-order valence-corrected chi connectivity index (χ2v) is 36.1. The number of hydrogen-bond acceptors (Lipinski definition) is 10. The van der Waals surface area contributed by atoms with Crippen molar-refractivity contribution in [2.75, 3.05) is 65.8 Å². The van der Waals surface area contributed by atoms with Crippen molar-refractivity contribution in [2.45, 2.75) is 517 Å². The molecule has 0 saturated carbocycles. The number of amides is 4. The highest BCUT2D eigenvalue weighted by molar-refractivity contribution is 5.96. The summed E-state index contributed by atoms with van der Waals surface area (Å²) in [6.07, 6.45) is 87.5. The summed E-state index contributed by atoms with van der Waals surface area (Å²) in [6.45, 7) is 18.4. The van der Waals surface area contributed by atoms with Crippen LogP contribution in [0.5, 0.6) is 34.5 Å². The van der Waals surface area contributed by atoms with E-state index in [2.05, 4.69) is 86.5 Å².